The van der Waals surface area contributed by atoms with Gasteiger partial charge in [0.1, 0.15) is 29.3 Å². The number of carboxylic acids is 1. The van der Waals surface area contributed by atoms with Crippen molar-refractivity contribution in [3.05, 3.63) is 91.0 Å². The maximum atomic E-state index is 13.3. The van der Waals surface area contributed by atoms with Crippen LogP contribution in [0.1, 0.15) is 126 Å². The number of carboxylic acid groups (broad SMARTS) is 1. The summed E-state index contributed by atoms with van der Waals surface area (Å²) in [6.07, 6.45) is 12.6. The zero-order valence-corrected chi connectivity index (χ0v) is 39.7. The summed E-state index contributed by atoms with van der Waals surface area (Å²) in [6, 6.07) is 33.8. The molecule has 59 heavy (non-hydrogen) atoms. The molecule has 3 aromatic carbocycles. The second-order valence-corrected chi connectivity index (χ2v) is 25.2. The molecule has 0 radical (unpaired) electrons. The summed E-state index contributed by atoms with van der Waals surface area (Å²) in [4.78, 5) is 26.3. The average Bonchev–Trinajstić information content (AvgIpc) is 3.61. The van der Waals surface area contributed by atoms with Gasteiger partial charge in [0.2, 0.25) is 0 Å². The van der Waals surface area contributed by atoms with Crippen LogP contribution in [0.2, 0.25) is 0 Å². The first-order chi connectivity index (χ1) is 27.6. The molecule has 0 heterocycles. The van der Waals surface area contributed by atoms with E-state index in [9.17, 15) is 14.7 Å². The Hall–Kier alpha value is -2.49. The molecular weight excluding hydrogens is 811 g/mol. The summed E-state index contributed by atoms with van der Waals surface area (Å²) < 4.78 is 6.55. The Labute approximate surface area is 367 Å². The summed E-state index contributed by atoms with van der Waals surface area (Å²) in [6.45, 7) is 19.1. The topological polar surface area (TPSA) is 63.6 Å². The quantitative estimate of drug-likeness (QED) is 0.164. The molecular formula is C53H72BrO4P. The summed E-state index contributed by atoms with van der Waals surface area (Å²) >= 11 is 0. The predicted molar refractivity (Wildman–Crippen MR) is 240 cm³/mol. The summed E-state index contributed by atoms with van der Waals surface area (Å²) in [5.74, 6) is 2.35. The van der Waals surface area contributed by atoms with Crippen LogP contribution in [0.25, 0.3) is 0 Å². The van der Waals surface area contributed by atoms with Gasteiger partial charge in [0, 0.05) is 12.3 Å². The van der Waals surface area contributed by atoms with Crippen molar-refractivity contribution in [2.75, 3.05) is 6.16 Å². The maximum Gasteiger partial charge on any atom is 0.309 e. The number of benzene rings is 3. The third-order valence-corrected chi connectivity index (χ3v) is 23.3. The molecule has 0 spiro atoms. The van der Waals surface area contributed by atoms with Crippen LogP contribution in [0.3, 0.4) is 0 Å². The van der Waals surface area contributed by atoms with Gasteiger partial charge in [0.25, 0.3) is 0 Å². The molecule has 4 nitrogen and oxygen atoms in total. The fourth-order valence-electron chi connectivity index (χ4n) is 16.3. The van der Waals surface area contributed by atoms with Gasteiger partial charge in [0.15, 0.2) is 0 Å². The van der Waals surface area contributed by atoms with E-state index >= 15 is 0 Å². The third kappa shape index (κ3) is 6.83. The van der Waals surface area contributed by atoms with Gasteiger partial charge in [-0.25, -0.2) is 0 Å². The van der Waals surface area contributed by atoms with Gasteiger partial charge in [-0.15, -0.1) is 0 Å². The van der Waals surface area contributed by atoms with E-state index < -0.39 is 18.6 Å². The first-order valence-corrected chi connectivity index (χ1v) is 25.0. The first kappa shape index (κ1) is 44.6. The number of carbonyl (C=O) groups is 2. The van der Waals surface area contributed by atoms with Crippen LogP contribution in [0.4, 0.5) is 0 Å². The number of carbonyl (C=O) groups excluding carboxylic acids is 1. The van der Waals surface area contributed by atoms with Crippen molar-refractivity contribution in [2.24, 2.45) is 68.5 Å². The molecule has 5 aliphatic carbocycles. The lowest BCUT2D eigenvalue weighted by molar-refractivity contribution is -0.261. The fraction of sp³-hybridized carbons (Fsp3) is 0.623. The first-order valence-electron chi connectivity index (χ1n) is 23.0. The molecule has 0 bridgehead atoms. The average molecular weight is 884 g/mol. The van der Waals surface area contributed by atoms with E-state index in [0.717, 1.165) is 63.9 Å². The van der Waals surface area contributed by atoms with Crippen LogP contribution in [-0.4, -0.2) is 29.3 Å². The number of hydrogen-bond donors (Lipinski definition) is 1. The standard InChI is InChI=1S/C53H71O4P.BrH/c1-36(2)42-28-31-53(48(55)56)33-32-51(7)43(46(42)53)26-27-45-50(6)35-38(47(57-37(3)54)49(4,5)44(50)29-30-52(45,51)8)19-18-34-58(39-20-12-9-13-21-39,40-22-14-10-15-23-40)41-24-16-11-17-25-41;/h9-17,20-25,36,38,42-47H,18-19,26-35H2,1-8H3;1H/t38?,42-,43+,44-,45+,46+,47-,50-,51+,52+,53-;/m0./s1. The van der Waals surface area contributed by atoms with Crippen LogP contribution in [-0.2, 0) is 14.3 Å². The summed E-state index contributed by atoms with van der Waals surface area (Å²) in [5.41, 5.74) is -0.353. The van der Waals surface area contributed by atoms with E-state index in [2.05, 4.69) is 139 Å². The highest BCUT2D eigenvalue weighted by Crippen LogP contribution is 2.78. The molecule has 8 rings (SSSR count). The highest BCUT2D eigenvalue weighted by molar-refractivity contribution is 7.95. The molecule has 1 N–H and O–H groups in total. The Kier molecular flexibility index (Phi) is 12.3. The van der Waals surface area contributed by atoms with Gasteiger partial charge in [0.05, 0.1) is 11.6 Å². The fourth-order valence-corrected chi connectivity index (χ4v) is 20.6. The van der Waals surface area contributed by atoms with Crippen LogP contribution >= 0.6 is 7.26 Å². The SMILES string of the molecule is CC(=O)O[C@H]1C(CCC[P+](c2ccccc2)(c2ccccc2)c2ccccc2)C[C@]2(C)[C@H]3CC[C@@H]4[C@H]5[C@H](C(C)C)CC[C@]5(C(=O)O)CC[C@@]4(C)[C@]3(C)CC[C@H]2C1(C)C.[Br-]. The molecule has 6 heteroatoms. The molecule has 11 atom stereocenters. The zero-order valence-electron chi connectivity index (χ0n) is 37.3. The van der Waals surface area contributed by atoms with E-state index in [1.165, 1.54) is 28.8 Å². The van der Waals surface area contributed by atoms with E-state index in [1.807, 2.05) is 0 Å². The predicted octanol–water partition coefficient (Wildman–Crippen LogP) is 8.74. The van der Waals surface area contributed by atoms with E-state index in [1.54, 1.807) is 6.92 Å². The molecule has 1 unspecified atom stereocenters. The van der Waals surface area contributed by atoms with Crippen molar-refractivity contribution in [3.63, 3.8) is 0 Å². The van der Waals surface area contributed by atoms with Gasteiger partial charge >= 0.3 is 11.9 Å². The van der Waals surface area contributed by atoms with Crippen molar-refractivity contribution >= 4 is 35.1 Å². The van der Waals surface area contributed by atoms with Gasteiger partial charge in [-0.05, 0) is 165 Å². The smallest absolute Gasteiger partial charge is 0.309 e. The lowest BCUT2D eigenvalue weighted by atomic mass is 9.31. The number of rotatable bonds is 10. The van der Waals surface area contributed by atoms with Crippen molar-refractivity contribution in [2.45, 2.75) is 132 Å². The molecule has 3 aromatic rings. The molecule has 5 fully saturated rings. The molecule has 5 aliphatic rings. The zero-order chi connectivity index (χ0) is 41.3. The Morgan fingerprint density at radius 1 is 0.729 bits per heavy atom. The van der Waals surface area contributed by atoms with Crippen LogP contribution in [0, 0.1) is 68.5 Å². The number of ether oxygens (including phenoxy) is 1. The molecule has 5 saturated carbocycles. The molecule has 0 amide bonds. The van der Waals surface area contributed by atoms with Crippen molar-refractivity contribution < 1.29 is 36.4 Å². The summed E-state index contributed by atoms with van der Waals surface area (Å²) in [7, 11) is -1.99. The molecule has 0 saturated heterocycles. The van der Waals surface area contributed by atoms with Gasteiger partial charge in [-0.3, -0.25) is 9.59 Å². The highest BCUT2D eigenvalue weighted by atomic mass is 79.9. The molecule has 0 aromatic heterocycles. The minimum Gasteiger partial charge on any atom is -1.00 e. The number of halogens is 1. The van der Waals surface area contributed by atoms with Crippen LogP contribution in [0.5, 0.6) is 0 Å². The minimum atomic E-state index is -1.99. The second-order valence-electron chi connectivity index (χ2n) is 21.6. The third-order valence-electron chi connectivity index (χ3n) is 18.7. The Bertz CT molecular complexity index is 1850. The number of aliphatic carboxylic acids is 1. The largest absolute Gasteiger partial charge is 1.00 e. The van der Waals surface area contributed by atoms with Gasteiger partial charge in [-0.2, -0.15) is 0 Å². The van der Waals surface area contributed by atoms with E-state index in [0.29, 0.717) is 29.6 Å². The number of esters is 1. The minimum absolute atomic E-state index is 0. The molecule has 0 aliphatic heterocycles. The van der Waals surface area contributed by atoms with Crippen molar-refractivity contribution in [3.8, 4) is 0 Å². The highest BCUT2D eigenvalue weighted by Gasteiger charge is 2.73. The normalized spacial score (nSPS) is 37.2. The van der Waals surface area contributed by atoms with Crippen molar-refractivity contribution in [1.82, 2.24) is 0 Å². The van der Waals surface area contributed by atoms with Crippen molar-refractivity contribution in [1.29, 1.82) is 0 Å². The van der Waals surface area contributed by atoms with Gasteiger partial charge < -0.3 is 26.8 Å². The number of hydrogen-bond acceptors (Lipinski definition) is 3. The number of fused-ring (bicyclic) bond motifs is 7. The van der Waals surface area contributed by atoms with Crippen LogP contribution < -0.4 is 32.9 Å². The Morgan fingerprint density at radius 3 is 1.80 bits per heavy atom. The Balaban J connectivity index is 0.00000528. The lowest BCUT2D eigenvalue weighted by Gasteiger charge is -2.73. The van der Waals surface area contributed by atoms with E-state index in [4.69, 9.17) is 4.74 Å². The second kappa shape index (κ2) is 16.3. The van der Waals surface area contributed by atoms with Gasteiger partial charge in [-0.1, -0.05) is 103 Å². The molecule has 320 valence electrons. The lowest BCUT2D eigenvalue weighted by Crippen LogP contribution is -3.00. The van der Waals surface area contributed by atoms with Crippen LogP contribution in [0.15, 0.2) is 91.0 Å². The summed E-state index contributed by atoms with van der Waals surface area (Å²) in [5, 5.41) is 15.2. The van der Waals surface area contributed by atoms with E-state index in [-0.39, 0.29) is 62.6 Å². The Morgan fingerprint density at radius 2 is 1.29 bits per heavy atom. The monoisotopic (exact) mass is 882 g/mol. The maximum absolute atomic E-state index is 13.3.